The van der Waals surface area contributed by atoms with Crippen molar-refractivity contribution in [3.8, 4) is 0 Å². The largest absolute Gasteiger partial charge is 0.394 e. The smallest absolute Gasteiger partial charge is 0.244 e. The first-order chi connectivity index (χ1) is 7.26. The minimum Gasteiger partial charge on any atom is -0.394 e. The molecule has 0 saturated carbocycles. The van der Waals surface area contributed by atoms with Gasteiger partial charge in [0.1, 0.15) is 0 Å². The van der Waals surface area contributed by atoms with Gasteiger partial charge in [0.05, 0.1) is 12.6 Å². The van der Waals surface area contributed by atoms with E-state index < -0.39 is 0 Å². The van der Waals surface area contributed by atoms with Gasteiger partial charge in [-0.2, -0.15) is 0 Å². The van der Waals surface area contributed by atoms with E-state index in [1.165, 1.54) is 6.08 Å². The van der Waals surface area contributed by atoms with Crippen LogP contribution in [0, 0.1) is 0 Å². The zero-order valence-electron chi connectivity index (χ0n) is 8.64. The van der Waals surface area contributed by atoms with E-state index in [0.717, 1.165) is 11.3 Å². The molecule has 0 unspecified atom stereocenters. The average molecular weight is 225 g/mol. The summed E-state index contributed by atoms with van der Waals surface area (Å²) < 4.78 is 0. The highest BCUT2D eigenvalue weighted by Gasteiger charge is 2.05. The lowest BCUT2D eigenvalue weighted by atomic mass is 10.2. The molecule has 82 valence electrons. The second kappa shape index (κ2) is 6.37. The topological polar surface area (TPSA) is 49.3 Å². The van der Waals surface area contributed by atoms with E-state index in [1.807, 2.05) is 24.4 Å². The van der Waals surface area contributed by atoms with Gasteiger partial charge in [0.15, 0.2) is 0 Å². The number of hydrogen-bond donors (Lipinski definition) is 2. The third-order valence-electron chi connectivity index (χ3n) is 2.00. The number of rotatable bonds is 5. The Labute approximate surface area is 93.4 Å². The first-order valence-corrected chi connectivity index (χ1v) is 5.77. The zero-order chi connectivity index (χ0) is 11.1. The molecule has 1 aromatic rings. The highest BCUT2D eigenvalue weighted by atomic mass is 32.1. The van der Waals surface area contributed by atoms with Crippen LogP contribution in [0.1, 0.15) is 18.2 Å². The van der Waals surface area contributed by atoms with Gasteiger partial charge in [0.25, 0.3) is 0 Å². The summed E-state index contributed by atoms with van der Waals surface area (Å²) in [7, 11) is 0. The van der Waals surface area contributed by atoms with E-state index in [2.05, 4.69) is 5.32 Å². The maximum Gasteiger partial charge on any atom is 0.244 e. The Morgan fingerprint density at radius 3 is 3.07 bits per heavy atom. The van der Waals surface area contributed by atoms with Crippen molar-refractivity contribution in [3.05, 3.63) is 28.5 Å². The summed E-state index contributed by atoms with van der Waals surface area (Å²) in [6, 6.07) is 3.73. The Morgan fingerprint density at radius 1 is 1.73 bits per heavy atom. The molecule has 1 aromatic heterocycles. The summed E-state index contributed by atoms with van der Waals surface area (Å²) in [5, 5.41) is 13.6. The highest BCUT2D eigenvalue weighted by Crippen LogP contribution is 2.09. The van der Waals surface area contributed by atoms with Crippen LogP contribution < -0.4 is 5.32 Å². The Bertz CT molecular complexity index is 315. The molecule has 1 atom stereocenters. The molecule has 0 saturated heterocycles. The molecule has 0 bridgehead atoms. The minimum absolute atomic E-state index is 0.0188. The molecule has 15 heavy (non-hydrogen) atoms. The molecule has 1 rings (SSSR count). The van der Waals surface area contributed by atoms with Crippen LogP contribution in [0.2, 0.25) is 0 Å². The lowest BCUT2D eigenvalue weighted by molar-refractivity contribution is -0.117. The molecule has 0 aliphatic heterocycles. The van der Waals surface area contributed by atoms with E-state index in [-0.39, 0.29) is 18.6 Å². The van der Waals surface area contributed by atoms with Crippen molar-refractivity contribution >= 4 is 23.3 Å². The monoisotopic (exact) mass is 225 g/mol. The third-order valence-corrected chi connectivity index (χ3v) is 2.84. The normalized spacial score (nSPS) is 12.9. The Kier molecular flexibility index (Phi) is 5.07. The third kappa shape index (κ3) is 4.27. The number of thiophene rings is 1. The summed E-state index contributed by atoms with van der Waals surface area (Å²) in [6.07, 6.45) is 3.99. The number of carbonyl (C=O) groups is 1. The Morgan fingerprint density at radius 2 is 2.53 bits per heavy atom. The van der Waals surface area contributed by atoms with Crippen LogP contribution in [0.5, 0.6) is 0 Å². The zero-order valence-corrected chi connectivity index (χ0v) is 9.46. The van der Waals surface area contributed by atoms with Gasteiger partial charge in [0, 0.05) is 11.0 Å². The minimum atomic E-state index is -0.163. The number of amides is 1. The number of aliphatic hydroxyl groups excluding tert-OH is 1. The first-order valence-electron chi connectivity index (χ1n) is 4.89. The standard InChI is InChI=1S/C11H15NO2S/c1-2-9(8-13)12-11(14)6-5-10-4-3-7-15-10/h3-7,9,13H,2,8H2,1H3,(H,12,14)/b6-5+/t9-/m0/s1. The van der Waals surface area contributed by atoms with Crippen LogP contribution in [0.15, 0.2) is 23.6 Å². The molecule has 0 fully saturated rings. The van der Waals surface area contributed by atoms with Crippen molar-refractivity contribution in [2.45, 2.75) is 19.4 Å². The van der Waals surface area contributed by atoms with Crippen LogP contribution in [-0.4, -0.2) is 23.7 Å². The maximum absolute atomic E-state index is 11.4. The molecule has 4 heteroatoms. The molecule has 1 heterocycles. The molecular formula is C11H15NO2S. The molecule has 0 spiro atoms. The van der Waals surface area contributed by atoms with Gasteiger partial charge >= 0.3 is 0 Å². The summed E-state index contributed by atoms with van der Waals surface area (Å²) in [5.74, 6) is -0.163. The van der Waals surface area contributed by atoms with Crippen LogP contribution >= 0.6 is 11.3 Å². The Balaban J connectivity index is 2.42. The van der Waals surface area contributed by atoms with Gasteiger partial charge in [-0.3, -0.25) is 4.79 Å². The molecule has 1 amide bonds. The summed E-state index contributed by atoms with van der Waals surface area (Å²) in [4.78, 5) is 12.4. The van der Waals surface area contributed by atoms with Crippen molar-refractivity contribution in [2.24, 2.45) is 0 Å². The molecule has 0 radical (unpaired) electrons. The summed E-state index contributed by atoms with van der Waals surface area (Å²) in [6.45, 7) is 1.90. The van der Waals surface area contributed by atoms with Crippen molar-refractivity contribution < 1.29 is 9.90 Å². The molecule has 3 nitrogen and oxygen atoms in total. The second-order valence-electron chi connectivity index (χ2n) is 3.15. The number of nitrogens with one attached hydrogen (secondary N) is 1. The van der Waals surface area contributed by atoms with Crippen LogP contribution in [0.4, 0.5) is 0 Å². The fraction of sp³-hybridized carbons (Fsp3) is 0.364. The highest BCUT2D eigenvalue weighted by molar-refractivity contribution is 7.10. The summed E-state index contributed by atoms with van der Waals surface area (Å²) in [5.41, 5.74) is 0. The van der Waals surface area contributed by atoms with E-state index in [9.17, 15) is 4.79 Å². The van der Waals surface area contributed by atoms with Gasteiger partial charge in [0.2, 0.25) is 5.91 Å². The van der Waals surface area contributed by atoms with E-state index in [1.54, 1.807) is 17.4 Å². The number of carbonyl (C=O) groups excluding carboxylic acids is 1. The van der Waals surface area contributed by atoms with E-state index >= 15 is 0 Å². The van der Waals surface area contributed by atoms with Crippen molar-refractivity contribution in [1.29, 1.82) is 0 Å². The molecule has 0 aliphatic carbocycles. The first kappa shape index (κ1) is 11.9. The maximum atomic E-state index is 11.4. The van der Waals surface area contributed by atoms with E-state index in [4.69, 9.17) is 5.11 Å². The van der Waals surface area contributed by atoms with Crippen molar-refractivity contribution in [3.63, 3.8) is 0 Å². The molecule has 0 aliphatic rings. The second-order valence-corrected chi connectivity index (χ2v) is 4.12. The van der Waals surface area contributed by atoms with E-state index in [0.29, 0.717) is 0 Å². The fourth-order valence-corrected chi connectivity index (χ4v) is 1.69. The van der Waals surface area contributed by atoms with Gasteiger partial charge in [-0.05, 0) is 23.9 Å². The number of aliphatic hydroxyl groups is 1. The SMILES string of the molecule is CC[C@@H](CO)NC(=O)/C=C/c1cccs1. The van der Waals surface area contributed by atoms with Crippen molar-refractivity contribution in [1.82, 2.24) is 5.32 Å². The molecule has 2 N–H and O–H groups in total. The van der Waals surface area contributed by atoms with Crippen molar-refractivity contribution in [2.75, 3.05) is 6.61 Å². The molecular weight excluding hydrogens is 210 g/mol. The Hall–Kier alpha value is -1.13. The van der Waals surface area contributed by atoms with Crippen LogP contribution in [0.25, 0.3) is 6.08 Å². The van der Waals surface area contributed by atoms with Gasteiger partial charge in [-0.15, -0.1) is 11.3 Å². The predicted molar refractivity (Wildman–Crippen MR) is 62.7 cm³/mol. The fourth-order valence-electron chi connectivity index (χ4n) is 1.07. The predicted octanol–water partition coefficient (Wildman–Crippen LogP) is 1.65. The lowest BCUT2D eigenvalue weighted by Gasteiger charge is -2.11. The quantitative estimate of drug-likeness (QED) is 0.749. The van der Waals surface area contributed by atoms with Gasteiger partial charge in [-0.1, -0.05) is 13.0 Å². The number of hydrogen-bond acceptors (Lipinski definition) is 3. The van der Waals surface area contributed by atoms with Gasteiger partial charge in [-0.25, -0.2) is 0 Å². The molecule has 0 aromatic carbocycles. The summed E-state index contributed by atoms with van der Waals surface area (Å²) >= 11 is 1.58. The van der Waals surface area contributed by atoms with Crippen LogP contribution in [0.3, 0.4) is 0 Å². The lowest BCUT2D eigenvalue weighted by Crippen LogP contribution is -2.35. The van der Waals surface area contributed by atoms with Gasteiger partial charge < -0.3 is 10.4 Å². The van der Waals surface area contributed by atoms with Crippen LogP contribution in [-0.2, 0) is 4.79 Å². The average Bonchev–Trinajstić information content (AvgIpc) is 2.75.